The summed E-state index contributed by atoms with van der Waals surface area (Å²) in [6, 6.07) is 1.26. The molecule has 1 aromatic carbocycles. The molecule has 188 valence electrons. The molecular formula is C24H29ClFN5O4. The molecule has 1 aliphatic rings. The number of imidazole rings is 1. The van der Waals surface area contributed by atoms with E-state index in [0.29, 0.717) is 17.8 Å². The van der Waals surface area contributed by atoms with Crippen LogP contribution in [0.4, 0.5) is 10.2 Å². The number of aliphatic hydroxyl groups is 1. The van der Waals surface area contributed by atoms with Gasteiger partial charge in [0.05, 0.1) is 22.9 Å². The van der Waals surface area contributed by atoms with E-state index in [1.165, 1.54) is 19.2 Å². The number of nitrogen functional groups attached to an aromatic ring is 1. The number of hydrogen-bond donors (Lipinski definition) is 3. The summed E-state index contributed by atoms with van der Waals surface area (Å²) in [6.07, 6.45) is 4.22. The highest BCUT2D eigenvalue weighted by molar-refractivity contribution is 6.31. The van der Waals surface area contributed by atoms with Crippen molar-refractivity contribution in [3.63, 3.8) is 0 Å². The van der Waals surface area contributed by atoms with Crippen LogP contribution < -0.4 is 15.8 Å². The van der Waals surface area contributed by atoms with E-state index < -0.39 is 29.0 Å². The lowest BCUT2D eigenvalue weighted by molar-refractivity contribution is 0.0816. The molecule has 0 radical (unpaired) electrons. The number of nitrogens with zero attached hydrogens (tertiary/aromatic N) is 3. The van der Waals surface area contributed by atoms with Crippen molar-refractivity contribution in [3.05, 3.63) is 51.9 Å². The first-order chi connectivity index (χ1) is 16.5. The average Bonchev–Trinajstić information content (AvgIpc) is 3.43. The highest BCUT2D eigenvalue weighted by atomic mass is 35.5. The molecule has 0 bridgehead atoms. The number of aromatic nitrogens is 3. The number of hydrogen-bond acceptors (Lipinski definition) is 7. The lowest BCUT2D eigenvalue weighted by atomic mass is 9.91. The van der Waals surface area contributed by atoms with Crippen LogP contribution in [0, 0.1) is 12.7 Å². The SMILES string of the molecule is Cc1nc(C(C)(O)c2cc(Cl)c(F)c(C(=O)NC[C@H]3CCCO3)c2OC(C)C)n2ccnc(N)c12. The summed E-state index contributed by atoms with van der Waals surface area (Å²) in [5.74, 6) is -1.35. The third-order valence-electron chi connectivity index (χ3n) is 5.98. The highest BCUT2D eigenvalue weighted by Crippen LogP contribution is 2.42. The second-order valence-electron chi connectivity index (χ2n) is 9.06. The lowest BCUT2D eigenvalue weighted by Crippen LogP contribution is -2.34. The van der Waals surface area contributed by atoms with Crippen molar-refractivity contribution in [2.24, 2.45) is 0 Å². The summed E-state index contributed by atoms with van der Waals surface area (Å²) >= 11 is 6.24. The summed E-state index contributed by atoms with van der Waals surface area (Å²) in [4.78, 5) is 21.8. The van der Waals surface area contributed by atoms with E-state index in [2.05, 4.69) is 15.3 Å². The Hall–Kier alpha value is -2.95. The molecule has 3 aromatic rings. The average molecular weight is 506 g/mol. The molecule has 4 N–H and O–H groups in total. The van der Waals surface area contributed by atoms with E-state index in [0.717, 1.165) is 12.8 Å². The van der Waals surface area contributed by atoms with E-state index in [4.69, 9.17) is 26.8 Å². The number of carbonyl (C=O) groups excluding carboxylic acids is 1. The number of ether oxygens (including phenoxy) is 2. The second-order valence-corrected chi connectivity index (χ2v) is 9.47. The molecule has 1 saturated heterocycles. The Bertz CT molecular complexity index is 1270. The molecule has 2 aromatic heterocycles. The van der Waals surface area contributed by atoms with Crippen molar-refractivity contribution in [1.29, 1.82) is 0 Å². The van der Waals surface area contributed by atoms with Crippen LogP contribution in [0.5, 0.6) is 5.75 Å². The molecular weight excluding hydrogens is 477 g/mol. The maximum atomic E-state index is 15.3. The fraction of sp³-hybridized carbons (Fsp3) is 0.458. The second kappa shape index (κ2) is 9.60. The maximum absolute atomic E-state index is 15.3. The van der Waals surface area contributed by atoms with Gasteiger partial charge in [0.15, 0.2) is 5.82 Å². The Kier molecular flexibility index (Phi) is 6.90. The van der Waals surface area contributed by atoms with E-state index >= 15 is 4.39 Å². The van der Waals surface area contributed by atoms with Gasteiger partial charge in [-0.15, -0.1) is 0 Å². The molecule has 9 nitrogen and oxygen atoms in total. The summed E-state index contributed by atoms with van der Waals surface area (Å²) in [7, 11) is 0. The fourth-order valence-corrected chi connectivity index (χ4v) is 4.54. The molecule has 2 atom stereocenters. The smallest absolute Gasteiger partial charge is 0.258 e. The molecule has 1 aliphatic heterocycles. The molecule has 11 heteroatoms. The number of halogens is 2. The number of amides is 1. The monoisotopic (exact) mass is 505 g/mol. The Morgan fingerprint density at radius 3 is 2.91 bits per heavy atom. The summed E-state index contributed by atoms with van der Waals surface area (Å²) in [5, 5.41) is 14.2. The van der Waals surface area contributed by atoms with Gasteiger partial charge < -0.3 is 25.6 Å². The van der Waals surface area contributed by atoms with E-state index in [9.17, 15) is 9.90 Å². The Morgan fingerprint density at radius 1 is 1.51 bits per heavy atom. The third-order valence-corrected chi connectivity index (χ3v) is 6.26. The fourth-order valence-electron chi connectivity index (χ4n) is 4.34. The minimum Gasteiger partial charge on any atom is -0.490 e. The van der Waals surface area contributed by atoms with Crippen LogP contribution >= 0.6 is 11.6 Å². The normalized spacial score (nSPS) is 17.7. The Labute approximate surface area is 207 Å². The van der Waals surface area contributed by atoms with E-state index in [-0.39, 0.29) is 40.6 Å². The molecule has 1 fully saturated rings. The minimum absolute atomic E-state index is 0.0853. The number of fused-ring (bicyclic) bond motifs is 1. The molecule has 4 rings (SSSR count). The van der Waals surface area contributed by atoms with Gasteiger partial charge in [-0.25, -0.2) is 14.4 Å². The quantitative estimate of drug-likeness (QED) is 0.449. The number of aryl methyl sites for hydroxylation is 1. The Morgan fingerprint density at radius 2 is 2.26 bits per heavy atom. The zero-order chi connectivity index (χ0) is 25.5. The van der Waals surface area contributed by atoms with E-state index in [1.54, 1.807) is 31.4 Å². The first-order valence-corrected chi connectivity index (χ1v) is 11.8. The van der Waals surface area contributed by atoms with E-state index in [1.807, 2.05) is 0 Å². The lowest BCUT2D eigenvalue weighted by Gasteiger charge is -2.28. The van der Waals surface area contributed by atoms with Crippen molar-refractivity contribution < 1.29 is 23.8 Å². The summed E-state index contributed by atoms with van der Waals surface area (Å²) in [6.45, 7) is 7.52. The van der Waals surface area contributed by atoms with Gasteiger partial charge in [0.25, 0.3) is 5.91 Å². The number of anilines is 1. The summed E-state index contributed by atoms with van der Waals surface area (Å²) in [5.41, 5.74) is 4.94. The first kappa shape index (κ1) is 25.2. The van der Waals surface area contributed by atoms with Gasteiger partial charge in [0.2, 0.25) is 0 Å². The molecule has 0 saturated carbocycles. The van der Waals surface area contributed by atoms with Gasteiger partial charge >= 0.3 is 0 Å². The van der Waals surface area contributed by atoms with Crippen LogP contribution in [0.3, 0.4) is 0 Å². The van der Waals surface area contributed by atoms with Crippen LogP contribution in [-0.2, 0) is 10.3 Å². The van der Waals surface area contributed by atoms with Gasteiger partial charge in [0, 0.05) is 31.1 Å². The zero-order valence-corrected chi connectivity index (χ0v) is 20.8. The molecule has 1 amide bonds. The number of carbonyl (C=O) groups is 1. The number of rotatable bonds is 7. The van der Waals surface area contributed by atoms with Crippen molar-refractivity contribution >= 4 is 28.8 Å². The van der Waals surface area contributed by atoms with Crippen molar-refractivity contribution in [3.8, 4) is 5.75 Å². The number of nitrogens with two attached hydrogens (primary N) is 1. The van der Waals surface area contributed by atoms with Gasteiger partial charge in [-0.05, 0) is 46.6 Å². The highest BCUT2D eigenvalue weighted by Gasteiger charge is 2.39. The summed E-state index contributed by atoms with van der Waals surface area (Å²) < 4.78 is 28.4. The van der Waals surface area contributed by atoms with Crippen LogP contribution in [0.25, 0.3) is 5.52 Å². The predicted molar refractivity (Wildman–Crippen MR) is 129 cm³/mol. The molecule has 35 heavy (non-hydrogen) atoms. The van der Waals surface area contributed by atoms with Crippen LogP contribution in [-0.4, -0.2) is 50.7 Å². The van der Waals surface area contributed by atoms with Crippen molar-refractivity contribution in [2.75, 3.05) is 18.9 Å². The standard InChI is InChI=1S/C24H29ClFN5O4/c1-12(2)35-20-15(24(4,33)23-30-13(3)19-21(27)28-7-8-31(19)23)10-16(25)18(26)17(20)22(32)29-11-14-6-5-9-34-14/h7-8,10,12,14,33H,5-6,9,11H2,1-4H3,(H2,27,28)(H,29,32)/t14-,24?/m1/s1. The maximum Gasteiger partial charge on any atom is 0.258 e. The van der Waals surface area contributed by atoms with Gasteiger partial charge in [-0.3, -0.25) is 9.20 Å². The van der Waals surface area contributed by atoms with Gasteiger partial charge in [0.1, 0.15) is 34.1 Å². The minimum atomic E-state index is -1.85. The van der Waals surface area contributed by atoms with Crippen LogP contribution in [0.15, 0.2) is 18.5 Å². The molecule has 1 unspecified atom stereocenters. The first-order valence-electron chi connectivity index (χ1n) is 11.4. The number of benzene rings is 1. The number of nitrogens with one attached hydrogen (secondary N) is 1. The van der Waals surface area contributed by atoms with Gasteiger partial charge in [-0.2, -0.15) is 0 Å². The third kappa shape index (κ3) is 4.65. The molecule has 0 spiro atoms. The predicted octanol–water partition coefficient (Wildman–Crippen LogP) is 3.36. The van der Waals surface area contributed by atoms with Crippen molar-refractivity contribution in [1.82, 2.24) is 19.7 Å². The molecule has 0 aliphatic carbocycles. The van der Waals surface area contributed by atoms with Gasteiger partial charge in [-0.1, -0.05) is 11.6 Å². The zero-order valence-electron chi connectivity index (χ0n) is 20.1. The van der Waals surface area contributed by atoms with Crippen LogP contribution in [0.1, 0.15) is 61.1 Å². The topological polar surface area (TPSA) is 124 Å². The Balaban J connectivity index is 1.87. The van der Waals surface area contributed by atoms with Crippen molar-refractivity contribution in [2.45, 2.75) is 58.3 Å². The van der Waals surface area contributed by atoms with Crippen LogP contribution in [0.2, 0.25) is 5.02 Å². The largest absolute Gasteiger partial charge is 0.490 e. The molecule has 3 heterocycles.